The Morgan fingerprint density at radius 1 is 1.29 bits per heavy atom. The van der Waals surface area contributed by atoms with Crippen molar-refractivity contribution in [2.45, 2.75) is 26.5 Å². The van der Waals surface area contributed by atoms with Crippen molar-refractivity contribution < 1.29 is 9.84 Å². The van der Waals surface area contributed by atoms with E-state index in [0.717, 1.165) is 16.9 Å². The summed E-state index contributed by atoms with van der Waals surface area (Å²) in [5.41, 5.74) is 2.51. The Kier molecular flexibility index (Phi) is 4.57. The lowest BCUT2D eigenvalue weighted by Gasteiger charge is -2.15. The van der Waals surface area contributed by atoms with Gasteiger partial charge in [-0.2, -0.15) is 0 Å². The van der Waals surface area contributed by atoms with E-state index < -0.39 is 6.10 Å². The molecule has 3 aromatic rings. The number of aromatic nitrogens is 3. The summed E-state index contributed by atoms with van der Waals surface area (Å²) in [5.74, 6) is 0.731. The molecule has 0 aliphatic heterocycles. The molecule has 3 rings (SSSR count). The Morgan fingerprint density at radius 3 is 2.92 bits per heavy atom. The average Bonchev–Trinajstić information content (AvgIpc) is 2.57. The van der Waals surface area contributed by atoms with Gasteiger partial charge in [-0.25, -0.2) is 4.98 Å². The quantitative estimate of drug-likeness (QED) is 0.774. The molecule has 1 atom stereocenters. The zero-order valence-corrected chi connectivity index (χ0v) is 13.6. The molecule has 0 saturated heterocycles. The van der Waals surface area contributed by atoms with Crippen molar-refractivity contribution in [3.63, 3.8) is 0 Å². The van der Waals surface area contributed by atoms with Gasteiger partial charge in [0, 0.05) is 6.20 Å². The second-order valence-electron chi connectivity index (χ2n) is 5.83. The fourth-order valence-electron chi connectivity index (χ4n) is 2.57. The van der Waals surface area contributed by atoms with E-state index in [9.17, 15) is 9.90 Å². The molecule has 0 saturated carbocycles. The molecule has 0 radical (unpaired) electrons. The maximum absolute atomic E-state index is 12.4. The minimum atomic E-state index is -0.815. The normalized spacial score (nSPS) is 12.3. The fourth-order valence-corrected chi connectivity index (χ4v) is 2.57. The van der Waals surface area contributed by atoms with Crippen LogP contribution in [0.3, 0.4) is 0 Å². The number of aliphatic hydroxyl groups is 1. The number of nitrogens with zero attached hydrogens (tertiary/aromatic N) is 3. The number of fused-ring (bicyclic) bond motifs is 1. The summed E-state index contributed by atoms with van der Waals surface area (Å²) >= 11 is 0. The first-order chi connectivity index (χ1) is 11.5. The van der Waals surface area contributed by atoms with Gasteiger partial charge >= 0.3 is 0 Å². The molecule has 124 valence electrons. The topological polar surface area (TPSA) is 77.2 Å². The lowest BCUT2D eigenvalue weighted by Crippen LogP contribution is -2.30. The molecule has 0 spiro atoms. The van der Waals surface area contributed by atoms with Gasteiger partial charge in [-0.1, -0.05) is 17.7 Å². The van der Waals surface area contributed by atoms with E-state index in [1.165, 1.54) is 10.9 Å². The third-order valence-corrected chi connectivity index (χ3v) is 3.80. The van der Waals surface area contributed by atoms with Gasteiger partial charge in [-0.3, -0.25) is 14.3 Å². The molecular weight excluding hydrogens is 306 g/mol. The highest BCUT2D eigenvalue weighted by atomic mass is 16.5. The molecule has 0 bridgehead atoms. The van der Waals surface area contributed by atoms with E-state index >= 15 is 0 Å². The van der Waals surface area contributed by atoms with Gasteiger partial charge in [0.25, 0.3) is 5.56 Å². The molecule has 0 aliphatic rings. The summed E-state index contributed by atoms with van der Waals surface area (Å²) in [7, 11) is 0. The lowest BCUT2D eigenvalue weighted by molar-refractivity contribution is 0.0911. The molecule has 6 nitrogen and oxygen atoms in total. The van der Waals surface area contributed by atoms with Crippen molar-refractivity contribution in [2.75, 3.05) is 6.61 Å². The van der Waals surface area contributed by atoms with E-state index in [0.29, 0.717) is 10.9 Å². The first-order valence-electron chi connectivity index (χ1n) is 7.72. The Labute approximate surface area is 139 Å². The van der Waals surface area contributed by atoms with E-state index in [1.54, 1.807) is 18.5 Å². The number of hydrogen-bond acceptors (Lipinski definition) is 5. The van der Waals surface area contributed by atoms with Crippen LogP contribution in [0.2, 0.25) is 0 Å². The third kappa shape index (κ3) is 3.44. The van der Waals surface area contributed by atoms with Gasteiger partial charge in [0.1, 0.15) is 18.5 Å². The summed E-state index contributed by atoms with van der Waals surface area (Å²) in [6, 6.07) is 7.49. The number of hydrogen-bond donors (Lipinski definition) is 1. The van der Waals surface area contributed by atoms with Crippen molar-refractivity contribution in [3.05, 3.63) is 64.5 Å². The average molecular weight is 325 g/mol. The van der Waals surface area contributed by atoms with Crippen molar-refractivity contribution in [2.24, 2.45) is 0 Å². The van der Waals surface area contributed by atoms with Crippen LogP contribution in [0.5, 0.6) is 5.75 Å². The highest BCUT2D eigenvalue weighted by Crippen LogP contribution is 2.18. The Balaban J connectivity index is 1.70. The zero-order valence-electron chi connectivity index (χ0n) is 13.6. The highest BCUT2D eigenvalue weighted by Gasteiger charge is 2.11. The monoisotopic (exact) mass is 325 g/mol. The summed E-state index contributed by atoms with van der Waals surface area (Å²) in [4.78, 5) is 20.5. The van der Waals surface area contributed by atoms with Gasteiger partial charge in [0.15, 0.2) is 0 Å². The van der Waals surface area contributed by atoms with Crippen LogP contribution in [0.4, 0.5) is 0 Å². The summed E-state index contributed by atoms with van der Waals surface area (Å²) in [5, 5.41) is 10.7. The van der Waals surface area contributed by atoms with Crippen molar-refractivity contribution in [1.29, 1.82) is 0 Å². The first kappa shape index (κ1) is 16.1. The Morgan fingerprint density at radius 2 is 2.12 bits per heavy atom. The summed E-state index contributed by atoms with van der Waals surface area (Å²) in [6.45, 7) is 4.19. The second-order valence-corrected chi connectivity index (χ2v) is 5.83. The molecule has 2 heterocycles. The maximum Gasteiger partial charge on any atom is 0.261 e. The summed E-state index contributed by atoms with van der Waals surface area (Å²) in [6.07, 6.45) is 3.70. The van der Waals surface area contributed by atoms with E-state index in [2.05, 4.69) is 9.97 Å². The second kappa shape index (κ2) is 6.80. The molecule has 0 amide bonds. The van der Waals surface area contributed by atoms with Crippen LogP contribution in [-0.4, -0.2) is 32.4 Å². The largest absolute Gasteiger partial charge is 0.491 e. The summed E-state index contributed by atoms with van der Waals surface area (Å²) < 4.78 is 7.04. The molecule has 1 N–H and O–H groups in total. The van der Waals surface area contributed by atoms with E-state index in [1.807, 2.05) is 32.0 Å². The minimum Gasteiger partial charge on any atom is -0.491 e. The lowest BCUT2D eigenvalue weighted by atomic mass is 10.1. The molecule has 2 aromatic heterocycles. The minimum absolute atomic E-state index is 0.102. The molecule has 0 aliphatic carbocycles. The van der Waals surface area contributed by atoms with Crippen LogP contribution < -0.4 is 10.3 Å². The van der Waals surface area contributed by atoms with E-state index in [4.69, 9.17) is 4.74 Å². The number of aliphatic hydroxyl groups excluding tert-OH is 1. The van der Waals surface area contributed by atoms with Crippen LogP contribution >= 0.6 is 0 Å². The van der Waals surface area contributed by atoms with Crippen molar-refractivity contribution >= 4 is 10.9 Å². The number of pyridine rings is 1. The van der Waals surface area contributed by atoms with Gasteiger partial charge in [-0.05, 0) is 31.5 Å². The predicted octanol–water partition coefficient (Wildman–Crippen LogP) is 1.85. The highest BCUT2D eigenvalue weighted by molar-refractivity contribution is 5.75. The molecule has 6 heteroatoms. The van der Waals surface area contributed by atoms with Crippen molar-refractivity contribution in [3.8, 4) is 5.75 Å². The van der Waals surface area contributed by atoms with Gasteiger partial charge in [0.2, 0.25) is 0 Å². The van der Waals surface area contributed by atoms with Crippen LogP contribution in [0, 0.1) is 13.8 Å². The first-order valence-corrected chi connectivity index (χ1v) is 7.72. The molecular formula is C18H19N3O3. The van der Waals surface area contributed by atoms with Crippen LogP contribution in [0.1, 0.15) is 11.1 Å². The number of rotatable bonds is 5. The van der Waals surface area contributed by atoms with Crippen LogP contribution in [0.25, 0.3) is 10.9 Å². The van der Waals surface area contributed by atoms with Crippen molar-refractivity contribution in [1.82, 2.24) is 14.5 Å². The van der Waals surface area contributed by atoms with Gasteiger partial charge < -0.3 is 9.84 Å². The molecule has 1 aromatic carbocycles. The van der Waals surface area contributed by atoms with E-state index in [-0.39, 0.29) is 18.7 Å². The standard InChI is InChI=1S/C18H19N3O3/c1-12-3-4-17(13(2)7-12)24-10-14(22)9-21-11-20-16-8-19-6-5-15(16)18(21)23/h3-8,11,14,22H,9-10H2,1-2H3/t14-/m0/s1. The van der Waals surface area contributed by atoms with Gasteiger partial charge in [-0.15, -0.1) is 0 Å². The number of aryl methyl sites for hydroxylation is 2. The zero-order chi connectivity index (χ0) is 17.1. The maximum atomic E-state index is 12.4. The Bertz CT molecular complexity index is 921. The molecule has 24 heavy (non-hydrogen) atoms. The smallest absolute Gasteiger partial charge is 0.261 e. The fraction of sp³-hybridized carbons (Fsp3) is 0.278. The molecule has 0 fully saturated rings. The third-order valence-electron chi connectivity index (χ3n) is 3.80. The van der Waals surface area contributed by atoms with Gasteiger partial charge in [0.05, 0.1) is 30.0 Å². The Hall–Kier alpha value is -2.73. The van der Waals surface area contributed by atoms with Crippen LogP contribution in [0.15, 0.2) is 47.8 Å². The number of benzene rings is 1. The SMILES string of the molecule is Cc1ccc(OC[C@@H](O)Cn2cnc3cnccc3c2=O)c(C)c1. The number of ether oxygens (including phenoxy) is 1. The molecule has 0 unspecified atom stereocenters. The van der Waals surface area contributed by atoms with Crippen LogP contribution in [-0.2, 0) is 6.54 Å². The predicted molar refractivity (Wildman–Crippen MR) is 91.2 cm³/mol.